The minimum absolute atomic E-state index is 0.269. The first-order chi connectivity index (χ1) is 7.75. The summed E-state index contributed by atoms with van der Waals surface area (Å²) >= 11 is 0. The van der Waals surface area contributed by atoms with E-state index in [1.165, 1.54) is 12.3 Å². The fourth-order valence-electron chi connectivity index (χ4n) is 1.10. The van der Waals surface area contributed by atoms with Crippen LogP contribution in [0.4, 0.5) is 4.79 Å². The van der Waals surface area contributed by atoms with Crippen LogP contribution in [0.15, 0.2) is 56.8 Å². The van der Waals surface area contributed by atoms with Gasteiger partial charge in [-0.05, 0) is 12.1 Å². The van der Waals surface area contributed by atoms with Crippen LogP contribution in [-0.2, 0) is 4.79 Å². The van der Waals surface area contributed by atoms with Crippen LogP contribution in [0.5, 0.6) is 0 Å². The lowest BCUT2D eigenvalue weighted by molar-refractivity contribution is -0.113. The summed E-state index contributed by atoms with van der Waals surface area (Å²) in [4.78, 5) is 27.8. The van der Waals surface area contributed by atoms with Crippen molar-refractivity contribution in [3.8, 4) is 0 Å². The molecule has 0 radical (unpaired) electrons. The first-order valence-electron chi connectivity index (χ1n) is 4.43. The van der Waals surface area contributed by atoms with Gasteiger partial charge in [0.2, 0.25) is 0 Å². The Balaban J connectivity index is 0.000000138. The number of hydrogen-bond acceptors (Lipinski definition) is 3. The third-order valence-corrected chi connectivity index (χ3v) is 1.75. The maximum atomic E-state index is 10.6. The normalized spacial score (nSPS) is 15.0. The van der Waals surface area contributed by atoms with Gasteiger partial charge in [-0.15, -0.1) is 5.11 Å². The van der Waals surface area contributed by atoms with E-state index >= 15 is 0 Å². The highest BCUT2D eigenvalue weighted by Gasteiger charge is 2.01. The lowest BCUT2D eigenvalue weighted by Gasteiger charge is -1.75. The molecule has 0 bridgehead atoms. The molecular formula is C10H6N4O2. The summed E-state index contributed by atoms with van der Waals surface area (Å²) in [6, 6.07) is 6.79. The van der Waals surface area contributed by atoms with E-state index in [1.807, 2.05) is 12.1 Å². The molecule has 0 atom stereocenters. The molecule has 2 heterocycles. The highest BCUT2D eigenvalue weighted by molar-refractivity contribution is 5.89. The molecule has 2 aliphatic heterocycles. The molecule has 0 spiro atoms. The first kappa shape index (κ1) is 10.0. The summed E-state index contributed by atoms with van der Waals surface area (Å²) in [6.45, 7) is 0. The van der Waals surface area contributed by atoms with E-state index in [4.69, 9.17) is 0 Å². The van der Waals surface area contributed by atoms with Crippen LogP contribution in [0.3, 0.4) is 0 Å². The summed E-state index contributed by atoms with van der Waals surface area (Å²) in [5.41, 5.74) is 0. The van der Waals surface area contributed by atoms with Gasteiger partial charge in [-0.1, -0.05) is 12.1 Å². The van der Waals surface area contributed by atoms with Crippen LogP contribution in [0.2, 0.25) is 0 Å². The Morgan fingerprint density at radius 3 is 1.94 bits per heavy atom. The van der Waals surface area contributed by atoms with Crippen molar-refractivity contribution in [2.24, 2.45) is 20.2 Å². The Morgan fingerprint density at radius 1 is 0.938 bits per heavy atom. The smallest absolute Gasteiger partial charge is 0.266 e. The first-order valence-corrected chi connectivity index (χ1v) is 4.43. The molecule has 0 aliphatic carbocycles. The molecule has 0 aromatic heterocycles. The average Bonchev–Trinajstić information content (AvgIpc) is 2.86. The van der Waals surface area contributed by atoms with E-state index in [2.05, 4.69) is 20.2 Å². The number of nitrogens with zero attached hydrogens (tertiary/aromatic N) is 4. The molecule has 6 heteroatoms. The number of fused-ring (bicyclic) bond motifs is 1. The van der Waals surface area contributed by atoms with Crippen LogP contribution < -0.4 is 10.7 Å². The molecule has 0 saturated heterocycles. The summed E-state index contributed by atoms with van der Waals surface area (Å²) in [5.74, 6) is -0.269. The van der Waals surface area contributed by atoms with Gasteiger partial charge >= 0.3 is 6.03 Å². The molecule has 0 saturated carbocycles. The SMILES string of the molecule is O=C1C=CN=N1.O=C1N=c2ccccc2=N1. The van der Waals surface area contributed by atoms with Crippen LogP contribution in [0, 0.1) is 0 Å². The van der Waals surface area contributed by atoms with E-state index in [1.54, 1.807) is 12.1 Å². The molecule has 16 heavy (non-hydrogen) atoms. The van der Waals surface area contributed by atoms with Gasteiger partial charge in [0.15, 0.2) is 0 Å². The van der Waals surface area contributed by atoms with E-state index < -0.39 is 6.03 Å². The quantitative estimate of drug-likeness (QED) is 0.631. The fraction of sp³-hybridized carbons (Fsp3) is 0. The number of azo groups is 1. The maximum Gasteiger partial charge on any atom is 0.368 e. The summed E-state index contributed by atoms with van der Waals surface area (Å²) in [5, 5.41) is 7.72. The number of carbonyl (C=O) groups excluding carboxylic acids is 2. The number of para-hydroxylation sites is 2. The predicted molar refractivity (Wildman–Crippen MR) is 53.2 cm³/mol. The van der Waals surface area contributed by atoms with E-state index in [9.17, 15) is 9.59 Å². The van der Waals surface area contributed by atoms with Gasteiger partial charge in [0, 0.05) is 6.08 Å². The molecule has 3 rings (SSSR count). The average molecular weight is 214 g/mol. The number of benzene rings is 1. The van der Waals surface area contributed by atoms with Crippen LogP contribution in [0.1, 0.15) is 0 Å². The number of urea groups is 1. The van der Waals surface area contributed by atoms with E-state index in [-0.39, 0.29) is 5.91 Å². The Morgan fingerprint density at radius 2 is 1.56 bits per heavy atom. The number of hydrogen-bond donors (Lipinski definition) is 0. The van der Waals surface area contributed by atoms with Gasteiger partial charge in [-0.2, -0.15) is 15.1 Å². The van der Waals surface area contributed by atoms with Crippen molar-refractivity contribution in [1.82, 2.24) is 0 Å². The fourth-order valence-corrected chi connectivity index (χ4v) is 1.10. The summed E-state index contributed by atoms with van der Waals surface area (Å²) in [6.07, 6.45) is 2.67. The zero-order valence-electron chi connectivity index (χ0n) is 8.07. The summed E-state index contributed by atoms with van der Waals surface area (Å²) in [7, 11) is 0. The van der Waals surface area contributed by atoms with Crippen molar-refractivity contribution < 1.29 is 9.59 Å². The van der Waals surface area contributed by atoms with Crippen molar-refractivity contribution in [3.05, 3.63) is 47.3 Å². The molecule has 0 unspecified atom stereocenters. The van der Waals surface area contributed by atoms with Gasteiger partial charge in [0.05, 0.1) is 16.9 Å². The lowest BCUT2D eigenvalue weighted by atomic mass is 10.3. The predicted octanol–water partition coefficient (Wildman–Crippen LogP) is 0.552. The molecule has 78 valence electrons. The van der Waals surface area contributed by atoms with Crippen molar-refractivity contribution >= 4 is 11.9 Å². The van der Waals surface area contributed by atoms with Gasteiger partial charge < -0.3 is 0 Å². The standard InChI is InChI=1S/C7H4N2O.C3H2N2O/c10-7-8-5-3-1-2-4-6(5)9-7;6-3-1-2-4-5-3/h1-4H;1-2H. The molecule has 3 amide bonds. The van der Waals surface area contributed by atoms with Crippen molar-refractivity contribution in [2.45, 2.75) is 0 Å². The Labute approximate surface area is 89.8 Å². The molecular weight excluding hydrogens is 208 g/mol. The highest BCUT2D eigenvalue weighted by Crippen LogP contribution is 1.90. The minimum atomic E-state index is -0.402. The highest BCUT2D eigenvalue weighted by atomic mass is 16.2. The Bertz CT molecular complexity index is 565. The minimum Gasteiger partial charge on any atom is -0.266 e. The third kappa shape index (κ3) is 2.30. The Hall–Kier alpha value is -2.50. The van der Waals surface area contributed by atoms with Gasteiger partial charge in [-0.3, -0.25) is 4.79 Å². The van der Waals surface area contributed by atoms with Crippen LogP contribution in [-0.4, -0.2) is 11.9 Å². The topological polar surface area (TPSA) is 83.6 Å². The lowest BCUT2D eigenvalue weighted by Crippen LogP contribution is -2.19. The second kappa shape index (κ2) is 4.35. The third-order valence-electron chi connectivity index (χ3n) is 1.75. The van der Waals surface area contributed by atoms with Crippen molar-refractivity contribution in [3.63, 3.8) is 0 Å². The maximum absolute atomic E-state index is 10.6. The zero-order valence-corrected chi connectivity index (χ0v) is 8.07. The summed E-state index contributed by atoms with van der Waals surface area (Å²) < 4.78 is 0. The molecule has 0 N–H and O–H groups in total. The van der Waals surface area contributed by atoms with E-state index in [0.29, 0.717) is 10.7 Å². The molecule has 6 nitrogen and oxygen atoms in total. The largest absolute Gasteiger partial charge is 0.368 e. The van der Waals surface area contributed by atoms with Crippen molar-refractivity contribution in [2.75, 3.05) is 0 Å². The molecule has 0 fully saturated rings. The molecule has 1 aromatic rings. The van der Waals surface area contributed by atoms with E-state index in [0.717, 1.165) is 0 Å². The molecule has 1 aromatic carbocycles. The number of amides is 3. The second-order valence-electron chi connectivity index (χ2n) is 2.86. The van der Waals surface area contributed by atoms with Crippen molar-refractivity contribution in [1.29, 1.82) is 0 Å². The van der Waals surface area contributed by atoms with Crippen LogP contribution >= 0.6 is 0 Å². The van der Waals surface area contributed by atoms with Crippen LogP contribution in [0.25, 0.3) is 0 Å². The second-order valence-corrected chi connectivity index (χ2v) is 2.86. The number of rotatable bonds is 0. The van der Waals surface area contributed by atoms with Gasteiger partial charge in [0.25, 0.3) is 5.91 Å². The number of carbonyl (C=O) groups is 2. The molecule has 2 aliphatic rings. The monoisotopic (exact) mass is 214 g/mol. The van der Waals surface area contributed by atoms with Gasteiger partial charge in [0.1, 0.15) is 0 Å². The Kier molecular flexibility index (Phi) is 2.73. The van der Waals surface area contributed by atoms with Gasteiger partial charge in [-0.25, -0.2) is 4.79 Å². The zero-order chi connectivity index (χ0) is 11.4.